The molecule has 0 saturated carbocycles. The topological polar surface area (TPSA) is 43.6 Å². The zero-order valence-electron chi connectivity index (χ0n) is 10.1. The van der Waals surface area contributed by atoms with Crippen LogP contribution >= 0.6 is 11.6 Å². The second-order valence-electron chi connectivity index (χ2n) is 4.22. The highest BCUT2D eigenvalue weighted by molar-refractivity contribution is 6.29. The number of aryl methyl sites for hydroxylation is 2. The quantitative estimate of drug-likeness (QED) is 0.630. The Hall–Kier alpha value is -1.94. The van der Waals surface area contributed by atoms with Crippen LogP contribution in [0.2, 0.25) is 5.15 Å². The summed E-state index contributed by atoms with van der Waals surface area (Å²) in [7, 11) is 1.93. The molecule has 0 unspecified atom stereocenters. The maximum absolute atomic E-state index is 5.90. The molecule has 0 amide bonds. The summed E-state index contributed by atoms with van der Waals surface area (Å²) in [4.78, 5) is 8.16. The molecule has 0 atom stereocenters. The molecule has 4 nitrogen and oxygen atoms in total. The van der Waals surface area contributed by atoms with Crippen molar-refractivity contribution >= 4 is 22.5 Å². The van der Waals surface area contributed by atoms with Crippen molar-refractivity contribution in [2.45, 2.75) is 6.92 Å². The molecule has 2 aromatic heterocycles. The Kier molecular flexibility index (Phi) is 2.52. The van der Waals surface area contributed by atoms with Crippen LogP contribution in [0.25, 0.3) is 22.2 Å². The van der Waals surface area contributed by atoms with Gasteiger partial charge in [-0.05, 0) is 24.6 Å². The third-order valence-electron chi connectivity index (χ3n) is 3.00. The molecule has 90 valence electrons. The lowest BCUT2D eigenvalue weighted by atomic mass is 10.0. The molecule has 0 spiro atoms. The van der Waals surface area contributed by atoms with Crippen molar-refractivity contribution < 1.29 is 0 Å². The predicted octanol–water partition coefficient (Wildman–Crippen LogP) is 2.99. The van der Waals surface area contributed by atoms with Gasteiger partial charge in [0.2, 0.25) is 0 Å². The van der Waals surface area contributed by atoms with Crippen molar-refractivity contribution in [3.8, 4) is 11.3 Å². The van der Waals surface area contributed by atoms with E-state index in [9.17, 15) is 0 Å². The minimum absolute atomic E-state index is 0.450. The standard InChI is InChI=1S/C13H11ClN4/c1-8-3-12-9(6-17-18(12)2)4-10(8)11-5-13(14)16-7-15-11/h3-7H,1-2H3. The monoisotopic (exact) mass is 258 g/mol. The van der Waals surface area contributed by atoms with Gasteiger partial charge in [0.15, 0.2) is 0 Å². The van der Waals surface area contributed by atoms with Gasteiger partial charge in [-0.1, -0.05) is 11.6 Å². The molecule has 0 bridgehead atoms. The Morgan fingerprint density at radius 3 is 2.78 bits per heavy atom. The van der Waals surface area contributed by atoms with E-state index in [1.807, 2.05) is 17.9 Å². The van der Waals surface area contributed by atoms with Crippen molar-refractivity contribution in [3.05, 3.63) is 41.4 Å². The van der Waals surface area contributed by atoms with E-state index in [-0.39, 0.29) is 0 Å². The van der Waals surface area contributed by atoms with E-state index in [0.29, 0.717) is 5.15 Å². The summed E-state index contributed by atoms with van der Waals surface area (Å²) in [6, 6.07) is 5.95. The fourth-order valence-electron chi connectivity index (χ4n) is 2.06. The largest absolute Gasteiger partial charge is 0.268 e. The summed E-state index contributed by atoms with van der Waals surface area (Å²) < 4.78 is 1.86. The summed E-state index contributed by atoms with van der Waals surface area (Å²) in [5.41, 5.74) is 4.13. The number of hydrogen-bond donors (Lipinski definition) is 0. The Balaban J connectivity index is 2.26. The van der Waals surface area contributed by atoms with Crippen molar-refractivity contribution in [3.63, 3.8) is 0 Å². The second kappa shape index (κ2) is 4.07. The maximum atomic E-state index is 5.90. The predicted molar refractivity (Wildman–Crippen MR) is 71.5 cm³/mol. The number of fused-ring (bicyclic) bond motifs is 1. The Morgan fingerprint density at radius 1 is 1.17 bits per heavy atom. The van der Waals surface area contributed by atoms with Crippen molar-refractivity contribution in [2.75, 3.05) is 0 Å². The minimum atomic E-state index is 0.450. The minimum Gasteiger partial charge on any atom is -0.268 e. The highest BCUT2D eigenvalue weighted by Gasteiger charge is 2.08. The summed E-state index contributed by atoms with van der Waals surface area (Å²) in [6.07, 6.45) is 3.33. The normalized spacial score (nSPS) is 11.1. The number of nitrogens with zero attached hydrogens (tertiary/aromatic N) is 4. The molecular weight excluding hydrogens is 248 g/mol. The summed E-state index contributed by atoms with van der Waals surface area (Å²) in [6.45, 7) is 2.05. The van der Waals surface area contributed by atoms with Crippen LogP contribution in [0.1, 0.15) is 5.56 Å². The van der Waals surface area contributed by atoms with Crippen LogP contribution in [0.4, 0.5) is 0 Å². The van der Waals surface area contributed by atoms with Gasteiger partial charge >= 0.3 is 0 Å². The number of rotatable bonds is 1. The zero-order valence-corrected chi connectivity index (χ0v) is 10.8. The smallest absolute Gasteiger partial charge is 0.133 e. The summed E-state index contributed by atoms with van der Waals surface area (Å²) in [5, 5.41) is 5.79. The van der Waals surface area contributed by atoms with Gasteiger partial charge in [-0.3, -0.25) is 4.68 Å². The number of hydrogen-bond acceptors (Lipinski definition) is 3. The van der Waals surface area contributed by atoms with Gasteiger partial charge in [0.1, 0.15) is 11.5 Å². The highest BCUT2D eigenvalue weighted by atomic mass is 35.5. The van der Waals surface area contributed by atoms with E-state index >= 15 is 0 Å². The fraction of sp³-hybridized carbons (Fsp3) is 0.154. The molecule has 1 aromatic carbocycles. The molecule has 3 aromatic rings. The Labute approximate surface area is 109 Å². The molecule has 5 heteroatoms. The average Bonchev–Trinajstić information content (AvgIpc) is 2.70. The van der Waals surface area contributed by atoms with Crippen molar-refractivity contribution in [1.29, 1.82) is 0 Å². The summed E-state index contributed by atoms with van der Waals surface area (Å²) in [5.74, 6) is 0. The molecule has 2 heterocycles. The molecule has 0 aliphatic heterocycles. The van der Waals surface area contributed by atoms with E-state index in [4.69, 9.17) is 11.6 Å². The number of halogens is 1. The zero-order chi connectivity index (χ0) is 12.7. The molecule has 0 aliphatic carbocycles. The van der Waals surface area contributed by atoms with Crippen LogP contribution in [0.3, 0.4) is 0 Å². The molecule has 0 saturated heterocycles. The molecule has 0 aliphatic rings. The van der Waals surface area contributed by atoms with Crippen LogP contribution < -0.4 is 0 Å². The molecule has 0 fully saturated rings. The second-order valence-corrected chi connectivity index (χ2v) is 4.61. The fourth-order valence-corrected chi connectivity index (χ4v) is 2.21. The Morgan fingerprint density at radius 2 is 2.00 bits per heavy atom. The van der Waals surface area contributed by atoms with E-state index in [1.54, 1.807) is 6.07 Å². The van der Waals surface area contributed by atoms with Crippen LogP contribution in [-0.2, 0) is 7.05 Å². The highest BCUT2D eigenvalue weighted by Crippen LogP contribution is 2.27. The molecule has 0 N–H and O–H groups in total. The van der Waals surface area contributed by atoms with Crippen molar-refractivity contribution in [2.24, 2.45) is 7.05 Å². The van der Waals surface area contributed by atoms with Gasteiger partial charge in [0.05, 0.1) is 17.4 Å². The van der Waals surface area contributed by atoms with Gasteiger partial charge in [0, 0.05) is 24.1 Å². The van der Waals surface area contributed by atoms with Gasteiger partial charge in [-0.25, -0.2) is 9.97 Å². The lowest BCUT2D eigenvalue weighted by molar-refractivity contribution is 0.796. The van der Waals surface area contributed by atoms with Crippen LogP contribution in [0.15, 0.2) is 30.7 Å². The molecule has 3 rings (SSSR count). The van der Waals surface area contributed by atoms with Gasteiger partial charge in [-0.15, -0.1) is 0 Å². The molecular formula is C13H11ClN4. The first kappa shape index (κ1) is 11.2. The van der Waals surface area contributed by atoms with Gasteiger partial charge in [0.25, 0.3) is 0 Å². The lowest BCUT2D eigenvalue weighted by Gasteiger charge is -2.06. The maximum Gasteiger partial charge on any atom is 0.133 e. The van der Waals surface area contributed by atoms with Crippen LogP contribution in [-0.4, -0.2) is 19.7 Å². The lowest BCUT2D eigenvalue weighted by Crippen LogP contribution is -1.92. The SMILES string of the molecule is Cc1cc2c(cnn2C)cc1-c1cc(Cl)ncn1. The number of benzene rings is 1. The number of aromatic nitrogens is 4. The van der Waals surface area contributed by atoms with E-state index < -0.39 is 0 Å². The first-order chi connectivity index (χ1) is 8.65. The first-order valence-corrected chi connectivity index (χ1v) is 5.93. The van der Waals surface area contributed by atoms with E-state index in [1.165, 1.54) is 6.33 Å². The van der Waals surface area contributed by atoms with E-state index in [2.05, 4.69) is 34.1 Å². The van der Waals surface area contributed by atoms with Crippen LogP contribution in [0, 0.1) is 6.92 Å². The summed E-state index contributed by atoms with van der Waals surface area (Å²) >= 11 is 5.90. The third kappa shape index (κ3) is 1.75. The molecule has 0 radical (unpaired) electrons. The third-order valence-corrected chi connectivity index (χ3v) is 3.21. The Bertz CT molecular complexity index is 733. The first-order valence-electron chi connectivity index (χ1n) is 5.55. The molecule has 18 heavy (non-hydrogen) atoms. The van der Waals surface area contributed by atoms with Crippen molar-refractivity contribution in [1.82, 2.24) is 19.7 Å². The average molecular weight is 259 g/mol. The van der Waals surface area contributed by atoms with Gasteiger partial charge < -0.3 is 0 Å². The van der Waals surface area contributed by atoms with E-state index in [0.717, 1.165) is 27.7 Å². The van der Waals surface area contributed by atoms with Crippen LogP contribution in [0.5, 0.6) is 0 Å². The van der Waals surface area contributed by atoms with Gasteiger partial charge in [-0.2, -0.15) is 5.10 Å².